The molecule has 1 aromatic carbocycles. The van der Waals surface area contributed by atoms with Crippen molar-refractivity contribution in [3.05, 3.63) is 35.9 Å². The van der Waals surface area contributed by atoms with Crippen molar-refractivity contribution in [3.63, 3.8) is 0 Å². The number of hydrogen-bond donors (Lipinski definition) is 0. The topological polar surface area (TPSA) is 38.8 Å². The molecule has 24 heavy (non-hydrogen) atoms. The number of benzene rings is 1. The van der Waals surface area contributed by atoms with E-state index in [0.29, 0.717) is 18.6 Å². The zero-order valence-electron chi connectivity index (χ0n) is 14.4. The second-order valence-electron chi connectivity index (χ2n) is 6.74. The Morgan fingerprint density at radius 1 is 1.17 bits per heavy atom. The molecule has 0 saturated carbocycles. The minimum Gasteiger partial charge on any atom is -0.497 e. The number of fused-ring (bicyclic) bond motifs is 1. The second kappa shape index (κ2) is 8.34. The molecule has 2 atom stereocenters. The van der Waals surface area contributed by atoms with Gasteiger partial charge in [-0.2, -0.15) is 0 Å². The smallest absolute Gasteiger partial charge is 0.330 e. The lowest BCUT2D eigenvalue weighted by Crippen LogP contribution is -2.49. The van der Waals surface area contributed by atoms with E-state index < -0.39 is 0 Å². The number of methoxy groups -OCH3 is 1. The van der Waals surface area contributed by atoms with Crippen molar-refractivity contribution in [2.75, 3.05) is 26.8 Å². The monoisotopic (exact) mass is 329 g/mol. The first kappa shape index (κ1) is 17.0. The highest BCUT2D eigenvalue weighted by molar-refractivity contribution is 5.87. The molecule has 0 N–H and O–H groups in total. The van der Waals surface area contributed by atoms with Crippen LogP contribution in [0.5, 0.6) is 5.75 Å². The van der Waals surface area contributed by atoms with Gasteiger partial charge in [-0.1, -0.05) is 18.6 Å². The standard InChI is InChI=1S/C20H27NO3/c1-23-18-10-7-16(8-11-18)9-12-20(22)24-15-17-5-4-14-21-13-3-2-6-19(17)21/h7-12,17,19H,2-6,13-15H2,1H3/t17-,19+/m0/s1. The van der Waals surface area contributed by atoms with Gasteiger partial charge in [0, 0.05) is 18.0 Å². The molecule has 130 valence electrons. The molecule has 0 bridgehead atoms. The molecule has 0 amide bonds. The number of hydrogen-bond acceptors (Lipinski definition) is 4. The van der Waals surface area contributed by atoms with Gasteiger partial charge in [-0.3, -0.25) is 4.90 Å². The normalized spacial score (nSPS) is 24.5. The summed E-state index contributed by atoms with van der Waals surface area (Å²) in [4.78, 5) is 14.6. The second-order valence-corrected chi connectivity index (χ2v) is 6.74. The SMILES string of the molecule is COc1ccc(C=CC(=O)OC[C@@H]2CCCN3CCCC[C@H]23)cc1. The van der Waals surface area contributed by atoms with Crippen molar-refractivity contribution in [1.29, 1.82) is 0 Å². The molecule has 0 aromatic heterocycles. The Labute approximate surface area is 144 Å². The molecule has 3 rings (SSSR count). The molecule has 0 aliphatic carbocycles. The highest BCUT2D eigenvalue weighted by Gasteiger charge is 2.33. The van der Waals surface area contributed by atoms with Crippen LogP contribution in [0.1, 0.15) is 37.7 Å². The Balaban J connectivity index is 1.48. The van der Waals surface area contributed by atoms with Crippen molar-refractivity contribution in [1.82, 2.24) is 4.90 Å². The lowest BCUT2D eigenvalue weighted by atomic mass is 9.84. The Bertz CT molecular complexity index is 565. The Hall–Kier alpha value is -1.81. The average Bonchev–Trinajstić information content (AvgIpc) is 2.65. The number of nitrogens with zero attached hydrogens (tertiary/aromatic N) is 1. The highest BCUT2D eigenvalue weighted by Crippen LogP contribution is 2.31. The van der Waals surface area contributed by atoms with Gasteiger partial charge < -0.3 is 9.47 Å². The number of rotatable bonds is 5. The van der Waals surface area contributed by atoms with Crippen molar-refractivity contribution in [2.24, 2.45) is 5.92 Å². The van der Waals surface area contributed by atoms with E-state index in [9.17, 15) is 4.79 Å². The summed E-state index contributed by atoms with van der Waals surface area (Å²) in [5, 5.41) is 0. The van der Waals surface area contributed by atoms with Crippen LogP contribution < -0.4 is 4.74 Å². The maximum atomic E-state index is 12.0. The lowest BCUT2D eigenvalue weighted by molar-refractivity contribution is -0.140. The third-order valence-corrected chi connectivity index (χ3v) is 5.20. The zero-order chi connectivity index (χ0) is 16.8. The molecule has 2 aliphatic heterocycles. The van der Waals surface area contributed by atoms with Gasteiger partial charge in [-0.05, 0) is 62.5 Å². The summed E-state index contributed by atoms with van der Waals surface area (Å²) in [6, 6.07) is 8.22. The fourth-order valence-electron chi connectivity index (χ4n) is 3.89. The van der Waals surface area contributed by atoms with Crippen LogP contribution in [0.4, 0.5) is 0 Å². The predicted molar refractivity (Wildman–Crippen MR) is 94.9 cm³/mol. The fraction of sp³-hybridized carbons (Fsp3) is 0.550. The van der Waals surface area contributed by atoms with E-state index in [1.807, 2.05) is 24.3 Å². The van der Waals surface area contributed by atoms with Gasteiger partial charge in [0.15, 0.2) is 0 Å². The number of esters is 1. The minimum atomic E-state index is -0.251. The number of carbonyl (C=O) groups excluding carboxylic acids is 1. The van der Waals surface area contributed by atoms with E-state index in [-0.39, 0.29) is 5.97 Å². The molecular formula is C20H27NO3. The first-order chi connectivity index (χ1) is 11.8. The third kappa shape index (κ3) is 4.38. The maximum Gasteiger partial charge on any atom is 0.330 e. The molecule has 2 fully saturated rings. The van der Waals surface area contributed by atoms with Crippen LogP contribution in [0.25, 0.3) is 6.08 Å². The van der Waals surface area contributed by atoms with E-state index in [1.54, 1.807) is 13.2 Å². The first-order valence-corrected chi connectivity index (χ1v) is 8.99. The summed E-state index contributed by atoms with van der Waals surface area (Å²) in [5.41, 5.74) is 0.962. The quantitative estimate of drug-likeness (QED) is 0.612. The van der Waals surface area contributed by atoms with Crippen molar-refractivity contribution >= 4 is 12.0 Å². The van der Waals surface area contributed by atoms with Crippen molar-refractivity contribution < 1.29 is 14.3 Å². The Morgan fingerprint density at radius 2 is 1.96 bits per heavy atom. The fourth-order valence-corrected chi connectivity index (χ4v) is 3.89. The van der Waals surface area contributed by atoms with Gasteiger partial charge in [0.25, 0.3) is 0 Å². The van der Waals surface area contributed by atoms with Crippen LogP contribution >= 0.6 is 0 Å². The molecule has 0 radical (unpaired) electrons. The summed E-state index contributed by atoms with van der Waals surface area (Å²) in [6.45, 7) is 2.98. The number of ether oxygens (including phenoxy) is 2. The van der Waals surface area contributed by atoms with E-state index in [0.717, 1.165) is 11.3 Å². The Morgan fingerprint density at radius 3 is 2.75 bits per heavy atom. The molecular weight excluding hydrogens is 302 g/mol. The lowest BCUT2D eigenvalue weighted by Gasteiger charge is -2.44. The summed E-state index contributed by atoms with van der Waals surface area (Å²) in [6.07, 6.45) is 9.58. The van der Waals surface area contributed by atoms with Crippen molar-refractivity contribution in [2.45, 2.75) is 38.1 Å². The van der Waals surface area contributed by atoms with Crippen molar-refractivity contribution in [3.8, 4) is 5.75 Å². The summed E-state index contributed by atoms with van der Waals surface area (Å²) in [7, 11) is 1.64. The van der Waals surface area contributed by atoms with E-state index >= 15 is 0 Å². The third-order valence-electron chi connectivity index (χ3n) is 5.20. The first-order valence-electron chi connectivity index (χ1n) is 8.99. The molecule has 2 saturated heterocycles. The minimum absolute atomic E-state index is 0.251. The van der Waals surface area contributed by atoms with Crippen LogP contribution in [0.2, 0.25) is 0 Å². The molecule has 4 nitrogen and oxygen atoms in total. The van der Waals surface area contributed by atoms with Crippen LogP contribution in [0.3, 0.4) is 0 Å². The van der Waals surface area contributed by atoms with Gasteiger partial charge >= 0.3 is 5.97 Å². The molecule has 4 heteroatoms. The molecule has 2 aliphatic rings. The van der Waals surface area contributed by atoms with E-state index in [2.05, 4.69) is 4.90 Å². The van der Waals surface area contributed by atoms with Gasteiger partial charge in [0.2, 0.25) is 0 Å². The van der Waals surface area contributed by atoms with E-state index in [4.69, 9.17) is 9.47 Å². The highest BCUT2D eigenvalue weighted by atomic mass is 16.5. The van der Waals surface area contributed by atoms with Gasteiger partial charge in [-0.25, -0.2) is 4.79 Å². The van der Waals surface area contributed by atoms with Crippen LogP contribution in [-0.4, -0.2) is 43.7 Å². The largest absolute Gasteiger partial charge is 0.497 e. The maximum absolute atomic E-state index is 12.0. The average molecular weight is 329 g/mol. The predicted octanol–water partition coefficient (Wildman–Crippen LogP) is 3.52. The van der Waals surface area contributed by atoms with Crippen LogP contribution in [0, 0.1) is 5.92 Å². The van der Waals surface area contributed by atoms with E-state index in [1.165, 1.54) is 51.3 Å². The summed E-state index contributed by atoms with van der Waals surface area (Å²) < 4.78 is 10.6. The molecule has 0 spiro atoms. The molecule has 2 heterocycles. The van der Waals surface area contributed by atoms with Gasteiger partial charge in [0.05, 0.1) is 13.7 Å². The molecule has 0 unspecified atom stereocenters. The van der Waals surface area contributed by atoms with Gasteiger partial charge in [0.1, 0.15) is 5.75 Å². The Kier molecular flexibility index (Phi) is 5.91. The number of carbonyl (C=O) groups is 1. The van der Waals surface area contributed by atoms with Crippen LogP contribution in [0.15, 0.2) is 30.3 Å². The summed E-state index contributed by atoms with van der Waals surface area (Å²) >= 11 is 0. The summed E-state index contributed by atoms with van der Waals surface area (Å²) in [5.74, 6) is 1.06. The van der Waals surface area contributed by atoms with Gasteiger partial charge in [-0.15, -0.1) is 0 Å². The van der Waals surface area contributed by atoms with Crippen LogP contribution in [-0.2, 0) is 9.53 Å². The molecule has 1 aromatic rings. The zero-order valence-corrected chi connectivity index (χ0v) is 14.4. The number of piperidine rings is 2.